The number of aromatic hydroxyl groups is 1. The van der Waals surface area contributed by atoms with Gasteiger partial charge in [-0.3, -0.25) is 4.79 Å². The van der Waals surface area contributed by atoms with Crippen molar-refractivity contribution in [3.63, 3.8) is 0 Å². The first-order valence-corrected chi connectivity index (χ1v) is 6.11. The molecule has 6 nitrogen and oxygen atoms in total. The van der Waals surface area contributed by atoms with Gasteiger partial charge in [0.25, 0.3) is 0 Å². The number of benzene rings is 1. The molecule has 0 fully saturated rings. The van der Waals surface area contributed by atoms with Gasteiger partial charge in [0.1, 0.15) is 17.4 Å². The quantitative estimate of drug-likeness (QED) is 0.744. The Labute approximate surface area is 126 Å². The van der Waals surface area contributed by atoms with E-state index in [1.807, 2.05) is 0 Å². The molecule has 0 radical (unpaired) electrons. The summed E-state index contributed by atoms with van der Waals surface area (Å²) in [6.45, 7) is 3.35. The zero-order chi connectivity index (χ0) is 14.9. The predicted octanol–water partition coefficient (Wildman–Crippen LogP) is 1.79. The zero-order valence-corrected chi connectivity index (χ0v) is 12.4. The van der Waals surface area contributed by atoms with Gasteiger partial charge in [-0.25, -0.2) is 4.79 Å². The minimum Gasteiger partial charge on any atom is -0.507 e. The molecule has 0 unspecified atom stereocenters. The SMILES string of the molecule is Cc1cc(=O)oc2c(CN[C@H](C)C(=O)O)c(O)ccc12.Cl. The number of phenols is 1. The van der Waals surface area contributed by atoms with E-state index in [1.54, 1.807) is 13.0 Å². The molecule has 0 bridgehead atoms. The van der Waals surface area contributed by atoms with Crippen LogP contribution in [0, 0.1) is 6.92 Å². The molecule has 0 spiro atoms. The van der Waals surface area contributed by atoms with Crippen molar-refractivity contribution in [1.29, 1.82) is 0 Å². The number of nitrogens with one attached hydrogen (secondary N) is 1. The monoisotopic (exact) mass is 313 g/mol. The van der Waals surface area contributed by atoms with Crippen LogP contribution in [-0.2, 0) is 11.3 Å². The van der Waals surface area contributed by atoms with Crippen molar-refractivity contribution in [3.8, 4) is 5.75 Å². The molecule has 0 aliphatic heterocycles. The minimum absolute atomic E-state index is 0. The first-order chi connectivity index (χ1) is 9.40. The lowest BCUT2D eigenvalue weighted by atomic mass is 10.1. The highest BCUT2D eigenvalue weighted by Gasteiger charge is 2.15. The molecule has 2 aromatic rings. The number of halogens is 1. The predicted molar refractivity (Wildman–Crippen MR) is 80.1 cm³/mol. The van der Waals surface area contributed by atoms with Crippen LogP contribution in [0.3, 0.4) is 0 Å². The van der Waals surface area contributed by atoms with Gasteiger partial charge in [-0.05, 0) is 31.5 Å². The minimum atomic E-state index is -0.998. The van der Waals surface area contributed by atoms with Gasteiger partial charge in [0, 0.05) is 18.0 Å². The van der Waals surface area contributed by atoms with E-state index >= 15 is 0 Å². The zero-order valence-electron chi connectivity index (χ0n) is 11.5. The summed E-state index contributed by atoms with van der Waals surface area (Å²) < 4.78 is 5.14. The first-order valence-electron chi connectivity index (χ1n) is 6.11. The van der Waals surface area contributed by atoms with E-state index in [9.17, 15) is 14.7 Å². The standard InChI is InChI=1S/C14H15NO5.ClH/c1-7-5-12(17)20-13-9(7)3-4-11(16)10(13)6-15-8(2)14(18)19;/h3-5,8,15-16H,6H2,1-2H3,(H,18,19);1H/t8-;/m1./s1. The number of phenolic OH excluding ortho intramolecular Hbond substituents is 1. The Bertz CT molecular complexity index is 725. The van der Waals surface area contributed by atoms with Crippen LogP contribution in [-0.4, -0.2) is 22.2 Å². The van der Waals surface area contributed by atoms with Crippen LogP contribution in [0.4, 0.5) is 0 Å². The van der Waals surface area contributed by atoms with Gasteiger partial charge in [-0.2, -0.15) is 0 Å². The van der Waals surface area contributed by atoms with E-state index in [1.165, 1.54) is 19.1 Å². The molecule has 1 aromatic heterocycles. The molecule has 0 saturated heterocycles. The maximum Gasteiger partial charge on any atom is 0.336 e. The third-order valence-corrected chi connectivity index (χ3v) is 3.15. The van der Waals surface area contributed by atoms with Crippen LogP contribution in [0.25, 0.3) is 11.0 Å². The summed E-state index contributed by atoms with van der Waals surface area (Å²) in [6, 6.07) is 3.75. The van der Waals surface area contributed by atoms with Gasteiger partial charge in [0.2, 0.25) is 0 Å². The van der Waals surface area contributed by atoms with Gasteiger partial charge in [0.15, 0.2) is 0 Å². The smallest absolute Gasteiger partial charge is 0.336 e. The van der Waals surface area contributed by atoms with E-state index in [0.717, 1.165) is 5.56 Å². The summed E-state index contributed by atoms with van der Waals surface area (Å²) in [5.41, 5.74) is 0.883. The number of carboxylic acid groups (broad SMARTS) is 1. The topological polar surface area (TPSA) is 99.8 Å². The second-order valence-corrected chi connectivity index (χ2v) is 4.63. The van der Waals surface area contributed by atoms with Gasteiger partial charge >= 0.3 is 11.6 Å². The fraction of sp³-hybridized carbons (Fsp3) is 0.286. The molecule has 0 aliphatic carbocycles. The molecule has 0 amide bonds. The number of carboxylic acids is 1. The van der Waals surface area contributed by atoms with Crippen LogP contribution in [0.5, 0.6) is 5.75 Å². The maximum atomic E-state index is 11.5. The van der Waals surface area contributed by atoms with Gasteiger partial charge < -0.3 is 19.9 Å². The van der Waals surface area contributed by atoms with Gasteiger partial charge in [-0.15, -0.1) is 12.4 Å². The lowest BCUT2D eigenvalue weighted by Crippen LogP contribution is -2.33. The fourth-order valence-corrected chi connectivity index (χ4v) is 1.94. The molecule has 21 heavy (non-hydrogen) atoms. The number of fused-ring (bicyclic) bond motifs is 1. The first kappa shape index (κ1) is 17.0. The largest absolute Gasteiger partial charge is 0.507 e. The van der Waals surface area contributed by atoms with Crippen molar-refractivity contribution < 1.29 is 19.4 Å². The van der Waals surface area contributed by atoms with E-state index in [0.29, 0.717) is 10.9 Å². The molecule has 2 rings (SSSR count). The van der Waals surface area contributed by atoms with E-state index in [4.69, 9.17) is 9.52 Å². The third-order valence-electron chi connectivity index (χ3n) is 3.15. The summed E-state index contributed by atoms with van der Waals surface area (Å²) in [5, 5.41) is 22.2. The number of aryl methyl sites for hydroxylation is 1. The molecule has 0 aliphatic rings. The van der Waals surface area contributed by atoms with Crippen molar-refractivity contribution in [2.75, 3.05) is 0 Å². The van der Waals surface area contributed by atoms with Crippen molar-refractivity contribution >= 4 is 29.3 Å². The lowest BCUT2D eigenvalue weighted by molar-refractivity contribution is -0.139. The molecular formula is C14H16ClNO5. The van der Waals surface area contributed by atoms with Crippen LogP contribution in [0.2, 0.25) is 0 Å². The number of carbonyl (C=O) groups is 1. The maximum absolute atomic E-state index is 11.5. The Hall–Kier alpha value is -2.05. The van der Waals surface area contributed by atoms with Crippen LogP contribution in [0.1, 0.15) is 18.1 Å². The Morgan fingerprint density at radius 3 is 2.71 bits per heavy atom. The number of hydrogen-bond acceptors (Lipinski definition) is 5. The second kappa shape index (κ2) is 6.60. The molecule has 1 aromatic carbocycles. The van der Waals surface area contributed by atoms with Crippen molar-refractivity contribution in [3.05, 3.63) is 39.7 Å². The molecule has 7 heteroatoms. The molecular weight excluding hydrogens is 298 g/mol. The molecule has 1 atom stereocenters. The van der Waals surface area contributed by atoms with E-state index in [-0.39, 0.29) is 30.3 Å². The number of aliphatic carboxylic acids is 1. The summed E-state index contributed by atoms with van der Waals surface area (Å²) >= 11 is 0. The third kappa shape index (κ3) is 3.53. The highest BCUT2D eigenvalue weighted by molar-refractivity contribution is 5.85. The summed E-state index contributed by atoms with van der Waals surface area (Å²) in [7, 11) is 0. The molecule has 3 N–H and O–H groups in total. The Morgan fingerprint density at radius 2 is 2.10 bits per heavy atom. The Balaban J connectivity index is 0.00000220. The highest BCUT2D eigenvalue weighted by atomic mass is 35.5. The lowest BCUT2D eigenvalue weighted by Gasteiger charge is -2.12. The van der Waals surface area contributed by atoms with E-state index < -0.39 is 17.6 Å². The van der Waals surface area contributed by atoms with Gasteiger partial charge in [-0.1, -0.05) is 0 Å². The summed E-state index contributed by atoms with van der Waals surface area (Å²) in [6.07, 6.45) is 0. The van der Waals surface area contributed by atoms with E-state index in [2.05, 4.69) is 5.32 Å². The van der Waals surface area contributed by atoms with Crippen LogP contribution in [0.15, 0.2) is 27.4 Å². The molecule has 0 saturated carbocycles. The fourth-order valence-electron chi connectivity index (χ4n) is 1.94. The normalized spacial score (nSPS) is 11.9. The summed E-state index contributed by atoms with van der Waals surface area (Å²) in [4.78, 5) is 22.2. The Morgan fingerprint density at radius 1 is 1.43 bits per heavy atom. The average Bonchev–Trinajstić information content (AvgIpc) is 2.36. The average molecular weight is 314 g/mol. The van der Waals surface area contributed by atoms with Crippen LogP contribution < -0.4 is 10.9 Å². The van der Waals surface area contributed by atoms with Crippen molar-refractivity contribution in [2.45, 2.75) is 26.4 Å². The molecule has 114 valence electrons. The highest BCUT2D eigenvalue weighted by Crippen LogP contribution is 2.27. The Kier molecular flexibility index (Phi) is 5.34. The second-order valence-electron chi connectivity index (χ2n) is 4.63. The van der Waals surface area contributed by atoms with Gasteiger partial charge in [0.05, 0.1) is 5.56 Å². The number of hydrogen-bond donors (Lipinski definition) is 3. The van der Waals surface area contributed by atoms with Crippen molar-refractivity contribution in [1.82, 2.24) is 5.32 Å². The number of rotatable bonds is 4. The van der Waals surface area contributed by atoms with Crippen molar-refractivity contribution in [2.24, 2.45) is 0 Å². The molecule has 1 heterocycles. The van der Waals surface area contributed by atoms with Crippen LogP contribution >= 0.6 is 12.4 Å². The summed E-state index contributed by atoms with van der Waals surface area (Å²) in [5.74, 6) is -1.04.